The Morgan fingerprint density at radius 1 is 1.30 bits per heavy atom. The number of nitrogens with zero attached hydrogens (tertiary/aromatic N) is 2. The summed E-state index contributed by atoms with van der Waals surface area (Å²) in [6.07, 6.45) is 2.89. The second kappa shape index (κ2) is 7.00. The molecule has 0 spiro atoms. The number of benzene rings is 1. The quantitative estimate of drug-likeness (QED) is 0.657. The first kappa shape index (κ1) is 14.5. The van der Waals surface area contributed by atoms with E-state index >= 15 is 0 Å². The number of anilines is 1. The van der Waals surface area contributed by atoms with E-state index in [0.29, 0.717) is 5.11 Å². The van der Waals surface area contributed by atoms with Crippen molar-refractivity contribution in [3.05, 3.63) is 48.0 Å². The lowest BCUT2D eigenvalue weighted by Crippen LogP contribution is -2.29. The molecule has 6 heteroatoms. The molecular weight excluding hydrogens is 275 g/mol. The molecule has 20 heavy (non-hydrogen) atoms. The van der Waals surface area contributed by atoms with Gasteiger partial charge in [-0.15, -0.1) is 0 Å². The molecule has 0 aliphatic heterocycles. The summed E-state index contributed by atoms with van der Waals surface area (Å²) in [6, 6.07) is 8.07. The van der Waals surface area contributed by atoms with E-state index in [1.54, 1.807) is 12.1 Å². The van der Waals surface area contributed by atoms with Gasteiger partial charge >= 0.3 is 0 Å². The summed E-state index contributed by atoms with van der Waals surface area (Å²) in [5, 5.41) is 11.0. The summed E-state index contributed by atoms with van der Waals surface area (Å²) < 4.78 is 14.7. The van der Waals surface area contributed by atoms with Gasteiger partial charge in [0.1, 0.15) is 5.82 Å². The zero-order chi connectivity index (χ0) is 14.4. The summed E-state index contributed by atoms with van der Waals surface area (Å²) >= 11 is 5.16. The number of halogens is 1. The molecule has 0 aliphatic rings. The molecule has 1 aromatic carbocycles. The Kier molecular flexibility index (Phi) is 5.06. The molecule has 2 aromatic rings. The molecule has 0 amide bonds. The fourth-order valence-corrected chi connectivity index (χ4v) is 1.96. The topological polar surface area (TPSA) is 41.9 Å². The Labute approximate surface area is 123 Å². The highest BCUT2D eigenvalue weighted by Gasteiger charge is 1.98. The highest BCUT2D eigenvalue weighted by Crippen LogP contribution is 2.07. The molecule has 0 saturated carbocycles. The largest absolute Gasteiger partial charge is 0.362 e. The molecule has 0 unspecified atom stereocenters. The minimum atomic E-state index is -0.260. The third-order valence-electron chi connectivity index (χ3n) is 2.73. The first-order valence-electron chi connectivity index (χ1n) is 6.44. The molecule has 0 aliphatic carbocycles. The molecular formula is C14H17FN4S. The van der Waals surface area contributed by atoms with Crippen LogP contribution in [0.2, 0.25) is 0 Å². The van der Waals surface area contributed by atoms with E-state index in [-0.39, 0.29) is 5.82 Å². The standard InChI is InChI=1S/C14H17FN4S/c1-11-7-10-19(18-11)9-2-8-16-14(20)17-13-5-3-12(15)4-6-13/h3-7,10H,2,8-9H2,1H3,(H2,16,17,20). The summed E-state index contributed by atoms with van der Waals surface area (Å²) in [4.78, 5) is 0. The van der Waals surface area contributed by atoms with E-state index in [0.717, 1.165) is 30.9 Å². The second-order valence-corrected chi connectivity index (χ2v) is 4.87. The minimum absolute atomic E-state index is 0.260. The van der Waals surface area contributed by atoms with Gasteiger partial charge in [-0.1, -0.05) is 0 Å². The van der Waals surface area contributed by atoms with Crippen molar-refractivity contribution < 1.29 is 4.39 Å². The van der Waals surface area contributed by atoms with Crippen molar-refractivity contribution in [2.24, 2.45) is 0 Å². The van der Waals surface area contributed by atoms with Crippen molar-refractivity contribution >= 4 is 23.0 Å². The van der Waals surface area contributed by atoms with Crippen molar-refractivity contribution in [2.75, 3.05) is 11.9 Å². The maximum Gasteiger partial charge on any atom is 0.170 e. The zero-order valence-corrected chi connectivity index (χ0v) is 12.1. The van der Waals surface area contributed by atoms with E-state index in [1.165, 1.54) is 12.1 Å². The van der Waals surface area contributed by atoms with Crippen molar-refractivity contribution in [2.45, 2.75) is 19.9 Å². The van der Waals surface area contributed by atoms with E-state index in [1.807, 2.05) is 23.9 Å². The van der Waals surface area contributed by atoms with Gasteiger partial charge in [0.25, 0.3) is 0 Å². The van der Waals surface area contributed by atoms with Crippen LogP contribution in [0.5, 0.6) is 0 Å². The Balaban J connectivity index is 1.66. The Hall–Kier alpha value is -1.95. The highest BCUT2D eigenvalue weighted by atomic mass is 32.1. The molecule has 0 radical (unpaired) electrons. The van der Waals surface area contributed by atoms with Gasteiger partial charge in [-0.05, 0) is 55.9 Å². The summed E-state index contributed by atoms with van der Waals surface area (Å²) in [5.41, 5.74) is 1.79. The van der Waals surface area contributed by atoms with Gasteiger partial charge in [-0.3, -0.25) is 4.68 Å². The predicted molar refractivity (Wildman–Crippen MR) is 82.2 cm³/mol. The minimum Gasteiger partial charge on any atom is -0.362 e. The van der Waals surface area contributed by atoms with Crippen LogP contribution in [0, 0.1) is 12.7 Å². The van der Waals surface area contributed by atoms with Crippen LogP contribution in [0.1, 0.15) is 12.1 Å². The van der Waals surface area contributed by atoms with Gasteiger partial charge in [0.05, 0.1) is 5.69 Å². The normalized spacial score (nSPS) is 10.3. The van der Waals surface area contributed by atoms with Crippen molar-refractivity contribution in [1.82, 2.24) is 15.1 Å². The van der Waals surface area contributed by atoms with Crippen LogP contribution in [0.25, 0.3) is 0 Å². The number of hydrogen-bond acceptors (Lipinski definition) is 2. The summed E-state index contributed by atoms with van der Waals surface area (Å²) in [6.45, 7) is 3.57. The average molecular weight is 292 g/mol. The van der Waals surface area contributed by atoms with Gasteiger partial charge in [0, 0.05) is 25.0 Å². The predicted octanol–water partition coefficient (Wildman–Crippen LogP) is 2.71. The van der Waals surface area contributed by atoms with Crippen LogP contribution in [-0.2, 0) is 6.54 Å². The smallest absolute Gasteiger partial charge is 0.170 e. The third-order valence-corrected chi connectivity index (χ3v) is 2.97. The number of rotatable bonds is 5. The number of nitrogens with one attached hydrogen (secondary N) is 2. The molecule has 2 rings (SSSR count). The van der Waals surface area contributed by atoms with Crippen LogP contribution >= 0.6 is 12.2 Å². The van der Waals surface area contributed by atoms with Crippen LogP contribution in [0.15, 0.2) is 36.5 Å². The lowest BCUT2D eigenvalue weighted by Gasteiger charge is -2.10. The van der Waals surface area contributed by atoms with Crippen LogP contribution in [0.3, 0.4) is 0 Å². The van der Waals surface area contributed by atoms with Gasteiger partial charge < -0.3 is 10.6 Å². The molecule has 0 atom stereocenters. The molecule has 4 nitrogen and oxygen atoms in total. The molecule has 1 aromatic heterocycles. The Morgan fingerprint density at radius 3 is 2.70 bits per heavy atom. The second-order valence-electron chi connectivity index (χ2n) is 4.46. The van der Waals surface area contributed by atoms with Crippen molar-refractivity contribution in [3.8, 4) is 0 Å². The van der Waals surface area contributed by atoms with Crippen molar-refractivity contribution in [3.63, 3.8) is 0 Å². The number of hydrogen-bond donors (Lipinski definition) is 2. The van der Waals surface area contributed by atoms with Crippen LogP contribution in [0.4, 0.5) is 10.1 Å². The first-order chi connectivity index (χ1) is 9.63. The molecule has 1 heterocycles. The van der Waals surface area contributed by atoms with Crippen LogP contribution in [-0.4, -0.2) is 21.4 Å². The van der Waals surface area contributed by atoms with E-state index in [9.17, 15) is 4.39 Å². The molecule has 0 bridgehead atoms. The van der Waals surface area contributed by atoms with Crippen LogP contribution < -0.4 is 10.6 Å². The molecule has 106 valence electrons. The Morgan fingerprint density at radius 2 is 2.05 bits per heavy atom. The summed E-state index contributed by atoms with van der Waals surface area (Å²) in [5.74, 6) is -0.260. The summed E-state index contributed by atoms with van der Waals surface area (Å²) in [7, 11) is 0. The van der Waals surface area contributed by atoms with Gasteiger partial charge in [-0.25, -0.2) is 4.39 Å². The maximum absolute atomic E-state index is 12.8. The maximum atomic E-state index is 12.8. The van der Waals surface area contributed by atoms with Gasteiger partial charge in [0.15, 0.2) is 5.11 Å². The first-order valence-corrected chi connectivity index (χ1v) is 6.85. The Bertz CT molecular complexity index is 565. The zero-order valence-electron chi connectivity index (χ0n) is 11.3. The molecule has 2 N–H and O–H groups in total. The van der Waals surface area contributed by atoms with E-state index in [4.69, 9.17) is 12.2 Å². The third kappa shape index (κ3) is 4.62. The molecule has 0 saturated heterocycles. The lowest BCUT2D eigenvalue weighted by atomic mass is 10.3. The lowest BCUT2D eigenvalue weighted by molar-refractivity contribution is 0.570. The number of thiocarbonyl (C=S) groups is 1. The molecule has 0 fully saturated rings. The van der Waals surface area contributed by atoms with Gasteiger partial charge in [0.2, 0.25) is 0 Å². The highest BCUT2D eigenvalue weighted by molar-refractivity contribution is 7.80. The SMILES string of the molecule is Cc1ccn(CCCNC(=S)Nc2ccc(F)cc2)n1. The number of aryl methyl sites for hydroxylation is 2. The van der Waals surface area contributed by atoms with E-state index < -0.39 is 0 Å². The fraction of sp³-hybridized carbons (Fsp3) is 0.286. The van der Waals surface area contributed by atoms with Gasteiger partial charge in [-0.2, -0.15) is 5.10 Å². The fourth-order valence-electron chi connectivity index (χ4n) is 1.74. The monoisotopic (exact) mass is 292 g/mol. The number of aromatic nitrogens is 2. The average Bonchev–Trinajstić information content (AvgIpc) is 2.83. The van der Waals surface area contributed by atoms with E-state index in [2.05, 4.69) is 15.7 Å². The van der Waals surface area contributed by atoms with Crippen molar-refractivity contribution in [1.29, 1.82) is 0 Å².